The number of rotatable bonds is 4. The van der Waals surface area contributed by atoms with Gasteiger partial charge in [-0.3, -0.25) is 9.52 Å². The van der Waals surface area contributed by atoms with Gasteiger partial charge in [-0.1, -0.05) is 24.3 Å². The standard InChI is InChI=1S/C18H16N2O3S/c19-11-10-17-16-8-7-14(12-13(16)6-9-18(17)21)20-24(22,23)15-4-2-1-3-5-15/h1-5,7-8,12,17,20H,6,9-10H2/t17-/m1/s1. The monoisotopic (exact) mass is 340 g/mol. The first kappa shape index (κ1) is 16.2. The summed E-state index contributed by atoms with van der Waals surface area (Å²) >= 11 is 0. The summed E-state index contributed by atoms with van der Waals surface area (Å²) in [5.74, 6) is -0.333. The van der Waals surface area contributed by atoms with Gasteiger partial charge in [0.25, 0.3) is 10.0 Å². The number of ketones is 1. The molecule has 5 nitrogen and oxygen atoms in total. The maximum absolute atomic E-state index is 12.4. The smallest absolute Gasteiger partial charge is 0.261 e. The number of nitrogens with zero attached hydrogens (tertiary/aromatic N) is 1. The van der Waals surface area contributed by atoms with Gasteiger partial charge in [-0.2, -0.15) is 5.26 Å². The van der Waals surface area contributed by atoms with Gasteiger partial charge in [-0.05, 0) is 41.8 Å². The molecule has 122 valence electrons. The number of benzene rings is 2. The van der Waals surface area contributed by atoms with Crippen LogP contribution in [0.1, 0.15) is 29.9 Å². The molecule has 0 aromatic heterocycles. The molecule has 0 unspecified atom stereocenters. The third-order valence-corrected chi connectivity index (χ3v) is 5.55. The molecule has 0 fully saturated rings. The number of anilines is 1. The summed E-state index contributed by atoms with van der Waals surface area (Å²) in [6.45, 7) is 0. The molecule has 0 aliphatic heterocycles. The Morgan fingerprint density at radius 2 is 1.88 bits per heavy atom. The predicted octanol–water partition coefficient (Wildman–Crippen LogP) is 3.00. The summed E-state index contributed by atoms with van der Waals surface area (Å²) in [6, 6.07) is 15.3. The Balaban J connectivity index is 1.90. The lowest BCUT2D eigenvalue weighted by molar-refractivity contribution is -0.120. The highest BCUT2D eigenvalue weighted by Gasteiger charge is 2.27. The van der Waals surface area contributed by atoms with Crippen molar-refractivity contribution in [2.45, 2.75) is 30.1 Å². The molecular weight excluding hydrogens is 324 g/mol. The minimum Gasteiger partial charge on any atom is -0.299 e. The van der Waals surface area contributed by atoms with E-state index in [9.17, 15) is 13.2 Å². The zero-order chi connectivity index (χ0) is 17.2. The second-order valence-electron chi connectivity index (χ2n) is 5.71. The molecule has 0 saturated heterocycles. The lowest BCUT2D eigenvalue weighted by Crippen LogP contribution is -2.21. The highest BCUT2D eigenvalue weighted by atomic mass is 32.2. The molecule has 2 aromatic rings. The molecule has 2 aromatic carbocycles. The lowest BCUT2D eigenvalue weighted by atomic mass is 9.80. The molecule has 1 aliphatic carbocycles. The molecule has 0 heterocycles. The van der Waals surface area contributed by atoms with Crippen molar-refractivity contribution in [1.29, 1.82) is 5.26 Å². The first-order valence-corrected chi connectivity index (χ1v) is 9.10. The molecule has 1 N–H and O–H groups in total. The molecule has 1 atom stereocenters. The Morgan fingerprint density at radius 1 is 1.12 bits per heavy atom. The van der Waals surface area contributed by atoms with Crippen LogP contribution in [0.25, 0.3) is 0 Å². The number of carbonyl (C=O) groups is 1. The fourth-order valence-electron chi connectivity index (χ4n) is 2.96. The van der Waals surface area contributed by atoms with Crippen molar-refractivity contribution in [2.24, 2.45) is 0 Å². The third kappa shape index (κ3) is 3.17. The molecule has 6 heteroatoms. The van der Waals surface area contributed by atoms with Crippen LogP contribution in [0.3, 0.4) is 0 Å². The third-order valence-electron chi connectivity index (χ3n) is 4.15. The Labute approximate surface area is 141 Å². The van der Waals surface area contributed by atoms with E-state index >= 15 is 0 Å². The summed E-state index contributed by atoms with van der Waals surface area (Å²) < 4.78 is 27.3. The van der Waals surface area contributed by atoms with Crippen LogP contribution in [-0.2, 0) is 21.2 Å². The highest BCUT2D eigenvalue weighted by molar-refractivity contribution is 7.92. The molecule has 0 bridgehead atoms. The molecule has 0 amide bonds. The van der Waals surface area contributed by atoms with E-state index in [4.69, 9.17) is 5.26 Å². The average Bonchev–Trinajstić information content (AvgIpc) is 2.58. The van der Waals surface area contributed by atoms with Crippen molar-refractivity contribution in [2.75, 3.05) is 4.72 Å². The minimum absolute atomic E-state index is 0.0710. The van der Waals surface area contributed by atoms with Gasteiger partial charge in [-0.25, -0.2) is 8.42 Å². The van der Waals surface area contributed by atoms with Crippen LogP contribution in [0.5, 0.6) is 0 Å². The van der Waals surface area contributed by atoms with Crippen LogP contribution in [0.2, 0.25) is 0 Å². The second kappa shape index (κ2) is 6.46. The van der Waals surface area contributed by atoms with Gasteiger partial charge >= 0.3 is 0 Å². The average molecular weight is 340 g/mol. The summed E-state index contributed by atoms with van der Waals surface area (Å²) in [5, 5.41) is 8.90. The van der Waals surface area contributed by atoms with Crippen LogP contribution < -0.4 is 4.72 Å². The Bertz CT molecular complexity index is 915. The van der Waals surface area contributed by atoms with E-state index in [0.29, 0.717) is 18.5 Å². The van der Waals surface area contributed by atoms with E-state index in [0.717, 1.165) is 11.1 Å². The van der Waals surface area contributed by atoms with E-state index in [1.807, 2.05) is 0 Å². The molecular formula is C18H16N2O3S. The van der Waals surface area contributed by atoms with Gasteiger partial charge in [0.2, 0.25) is 0 Å². The van der Waals surface area contributed by atoms with E-state index in [1.165, 1.54) is 12.1 Å². The normalized spacial score (nSPS) is 17.0. The van der Waals surface area contributed by atoms with Gasteiger partial charge in [0.15, 0.2) is 0 Å². The fourth-order valence-corrected chi connectivity index (χ4v) is 4.03. The number of aryl methyl sites for hydroxylation is 1. The van der Waals surface area contributed by atoms with Crippen molar-refractivity contribution in [3.63, 3.8) is 0 Å². The first-order valence-electron chi connectivity index (χ1n) is 7.61. The summed E-state index contributed by atoms with van der Waals surface area (Å²) in [4.78, 5) is 12.2. The van der Waals surface area contributed by atoms with E-state index in [-0.39, 0.29) is 17.1 Å². The summed E-state index contributed by atoms with van der Waals surface area (Å²) in [6.07, 6.45) is 1.10. The van der Waals surface area contributed by atoms with Crippen molar-refractivity contribution in [1.82, 2.24) is 0 Å². The fraction of sp³-hybridized carbons (Fsp3) is 0.222. The minimum atomic E-state index is -3.64. The number of nitrogens with one attached hydrogen (secondary N) is 1. The van der Waals surface area contributed by atoms with Gasteiger partial charge < -0.3 is 0 Å². The van der Waals surface area contributed by atoms with Crippen molar-refractivity contribution < 1.29 is 13.2 Å². The highest BCUT2D eigenvalue weighted by Crippen LogP contribution is 2.33. The number of hydrogen-bond acceptors (Lipinski definition) is 4. The predicted molar refractivity (Wildman–Crippen MR) is 90.0 cm³/mol. The van der Waals surface area contributed by atoms with Crippen molar-refractivity contribution in [3.8, 4) is 6.07 Å². The molecule has 0 spiro atoms. The summed E-state index contributed by atoms with van der Waals surface area (Å²) in [5.41, 5.74) is 2.21. The van der Waals surface area contributed by atoms with Gasteiger partial charge in [0.05, 0.1) is 16.9 Å². The van der Waals surface area contributed by atoms with Crippen LogP contribution in [0.4, 0.5) is 5.69 Å². The largest absolute Gasteiger partial charge is 0.299 e. The number of Topliss-reactive ketones (excluding diaryl/α,β-unsaturated/α-hetero) is 1. The van der Waals surface area contributed by atoms with E-state index in [2.05, 4.69) is 10.8 Å². The summed E-state index contributed by atoms with van der Waals surface area (Å²) in [7, 11) is -3.64. The van der Waals surface area contributed by atoms with Gasteiger partial charge in [0.1, 0.15) is 5.78 Å². The van der Waals surface area contributed by atoms with E-state index < -0.39 is 15.9 Å². The SMILES string of the molecule is N#CC[C@H]1C(=O)CCc2cc(NS(=O)(=O)c3ccccc3)ccc21. The number of nitriles is 1. The first-order chi connectivity index (χ1) is 11.5. The van der Waals surface area contributed by atoms with E-state index in [1.54, 1.807) is 36.4 Å². The Morgan fingerprint density at radius 3 is 2.58 bits per heavy atom. The van der Waals surface area contributed by atoms with Crippen LogP contribution in [-0.4, -0.2) is 14.2 Å². The molecule has 0 saturated carbocycles. The van der Waals surface area contributed by atoms with Crippen LogP contribution >= 0.6 is 0 Å². The number of sulfonamides is 1. The Hall–Kier alpha value is -2.65. The quantitative estimate of drug-likeness (QED) is 0.927. The molecule has 24 heavy (non-hydrogen) atoms. The van der Waals surface area contributed by atoms with Crippen molar-refractivity contribution >= 4 is 21.5 Å². The Kier molecular flexibility index (Phi) is 4.36. The van der Waals surface area contributed by atoms with Gasteiger partial charge in [-0.15, -0.1) is 0 Å². The zero-order valence-corrected chi connectivity index (χ0v) is 13.7. The topological polar surface area (TPSA) is 87.0 Å². The van der Waals surface area contributed by atoms with Crippen molar-refractivity contribution in [3.05, 3.63) is 59.7 Å². The number of hydrogen-bond donors (Lipinski definition) is 1. The maximum atomic E-state index is 12.4. The zero-order valence-electron chi connectivity index (χ0n) is 12.9. The maximum Gasteiger partial charge on any atom is 0.261 e. The lowest BCUT2D eigenvalue weighted by Gasteiger charge is -2.23. The van der Waals surface area contributed by atoms with Gasteiger partial charge in [0, 0.05) is 18.5 Å². The van der Waals surface area contributed by atoms with Crippen LogP contribution in [0, 0.1) is 11.3 Å². The van der Waals surface area contributed by atoms with Crippen LogP contribution in [0.15, 0.2) is 53.4 Å². The molecule has 3 rings (SSSR count). The molecule has 1 aliphatic rings. The number of carbonyl (C=O) groups excluding carboxylic acids is 1. The molecule has 0 radical (unpaired) electrons. The number of fused-ring (bicyclic) bond motifs is 1. The second-order valence-corrected chi connectivity index (χ2v) is 7.40.